The van der Waals surface area contributed by atoms with E-state index in [2.05, 4.69) is 28.1 Å². The van der Waals surface area contributed by atoms with E-state index in [9.17, 15) is 4.79 Å². The Labute approximate surface area is 191 Å². The van der Waals surface area contributed by atoms with Gasteiger partial charge in [0, 0.05) is 28.7 Å². The fraction of sp³-hybridized carbons (Fsp3) is 0.115. The zero-order chi connectivity index (χ0) is 22.1. The molecule has 1 aliphatic heterocycles. The Kier molecular flexibility index (Phi) is 5.33. The van der Waals surface area contributed by atoms with E-state index in [0.717, 1.165) is 22.5 Å². The Morgan fingerprint density at radius 1 is 1.00 bits per heavy atom. The first kappa shape index (κ1) is 20.2. The molecule has 1 atom stereocenters. The van der Waals surface area contributed by atoms with Crippen molar-refractivity contribution in [3.8, 4) is 11.4 Å². The summed E-state index contributed by atoms with van der Waals surface area (Å²) < 4.78 is 7.47. The summed E-state index contributed by atoms with van der Waals surface area (Å²) in [5, 5.41) is 3.71. The molecule has 0 spiro atoms. The fourth-order valence-corrected chi connectivity index (χ4v) is 4.36. The lowest BCUT2D eigenvalue weighted by atomic mass is 10.0. The Bertz CT molecular complexity index is 1270. The number of hydrogen-bond donors (Lipinski definition) is 1. The highest BCUT2D eigenvalue weighted by molar-refractivity contribution is 6.30. The van der Waals surface area contributed by atoms with Gasteiger partial charge in [-0.05, 0) is 53.6 Å². The quantitative estimate of drug-likeness (QED) is 0.405. The number of carbonyl (C=O) groups is 1. The van der Waals surface area contributed by atoms with Crippen LogP contribution in [0, 0.1) is 0 Å². The monoisotopic (exact) mass is 443 g/mol. The Balaban J connectivity index is 1.61. The topological polar surface area (TPSA) is 46.5 Å². The van der Waals surface area contributed by atoms with Crippen LogP contribution in [0.15, 0.2) is 91.1 Å². The highest BCUT2D eigenvalue weighted by atomic mass is 35.5. The molecule has 5 rings (SSSR count). The van der Waals surface area contributed by atoms with Crippen LogP contribution >= 0.6 is 11.6 Å². The Morgan fingerprint density at radius 3 is 2.62 bits per heavy atom. The molecule has 0 saturated carbocycles. The number of amides is 2. The molecular formula is C26H22ClN3O2. The van der Waals surface area contributed by atoms with E-state index in [-0.39, 0.29) is 12.1 Å². The van der Waals surface area contributed by atoms with E-state index < -0.39 is 0 Å². The number of nitrogens with zero attached hydrogens (tertiary/aromatic N) is 2. The van der Waals surface area contributed by atoms with Crippen LogP contribution in [0.2, 0.25) is 5.02 Å². The first-order valence-electron chi connectivity index (χ1n) is 10.4. The molecule has 6 heteroatoms. The summed E-state index contributed by atoms with van der Waals surface area (Å²) >= 11 is 6.16. The van der Waals surface area contributed by atoms with Gasteiger partial charge in [-0.2, -0.15) is 0 Å². The predicted molar refractivity (Wildman–Crippen MR) is 127 cm³/mol. The van der Waals surface area contributed by atoms with E-state index in [1.165, 1.54) is 0 Å². The standard InChI is InChI=1S/C26H22ClN3O2/c1-32-22-8-4-7-21(16-22)28-26(31)30-17-19-6-2-3-9-23(19)29-15-5-10-24(29)25(30)18-11-13-20(27)14-12-18/h2-16,25H,17H2,1H3,(H,28,31)/t25-/m0/s1. The molecular weight excluding hydrogens is 422 g/mol. The van der Waals surface area contributed by atoms with Gasteiger partial charge < -0.3 is 19.5 Å². The molecule has 5 nitrogen and oxygen atoms in total. The van der Waals surface area contributed by atoms with Crippen LogP contribution in [0.4, 0.5) is 10.5 Å². The Morgan fingerprint density at radius 2 is 1.81 bits per heavy atom. The summed E-state index contributed by atoms with van der Waals surface area (Å²) in [6, 6.07) is 26.8. The average molecular weight is 444 g/mol. The second-order valence-corrected chi connectivity index (χ2v) is 8.11. The van der Waals surface area contributed by atoms with Crippen molar-refractivity contribution in [1.29, 1.82) is 0 Å². The molecule has 1 aliphatic rings. The largest absolute Gasteiger partial charge is 0.497 e. The molecule has 0 saturated heterocycles. The predicted octanol–water partition coefficient (Wildman–Crippen LogP) is 6.28. The van der Waals surface area contributed by atoms with Crippen LogP contribution in [0.1, 0.15) is 22.9 Å². The van der Waals surface area contributed by atoms with Crippen molar-refractivity contribution < 1.29 is 9.53 Å². The van der Waals surface area contributed by atoms with Crippen molar-refractivity contribution in [2.24, 2.45) is 0 Å². The number of anilines is 1. The lowest BCUT2D eigenvalue weighted by Crippen LogP contribution is -2.37. The zero-order valence-corrected chi connectivity index (χ0v) is 18.3. The van der Waals surface area contributed by atoms with Crippen molar-refractivity contribution in [1.82, 2.24) is 9.47 Å². The molecule has 2 heterocycles. The van der Waals surface area contributed by atoms with Gasteiger partial charge in [0.15, 0.2) is 0 Å². The van der Waals surface area contributed by atoms with Gasteiger partial charge in [0.1, 0.15) is 5.75 Å². The van der Waals surface area contributed by atoms with Crippen molar-refractivity contribution >= 4 is 23.3 Å². The van der Waals surface area contributed by atoms with Crippen molar-refractivity contribution in [3.05, 3.63) is 113 Å². The molecule has 3 aromatic carbocycles. The molecule has 0 bridgehead atoms. The minimum Gasteiger partial charge on any atom is -0.497 e. The average Bonchev–Trinajstić information content (AvgIpc) is 3.24. The number of carbonyl (C=O) groups excluding carboxylic acids is 1. The van der Waals surface area contributed by atoms with E-state index >= 15 is 0 Å². The number of ether oxygens (including phenoxy) is 1. The first-order valence-corrected chi connectivity index (χ1v) is 10.7. The van der Waals surface area contributed by atoms with Crippen molar-refractivity contribution in [3.63, 3.8) is 0 Å². The number of aromatic nitrogens is 1. The number of rotatable bonds is 3. The Hall–Kier alpha value is -3.70. The molecule has 1 aromatic heterocycles. The number of benzene rings is 3. The minimum absolute atomic E-state index is 0.192. The second-order valence-electron chi connectivity index (χ2n) is 7.68. The summed E-state index contributed by atoms with van der Waals surface area (Å²) in [7, 11) is 1.61. The summed E-state index contributed by atoms with van der Waals surface area (Å²) in [6.45, 7) is 0.459. The van der Waals surface area contributed by atoms with Crippen LogP contribution in [0.25, 0.3) is 5.69 Å². The van der Waals surface area contributed by atoms with Gasteiger partial charge in [-0.1, -0.05) is 48.0 Å². The maximum Gasteiger partial charge on any atom is 0.322 e. The molecule has 4 aromatic rings. The van der Waals surface area contributed by atoms with Crippen LogP contribution < -0.4 is 10.1 Å². The van der Waals surface area contributed by atoms with Crippen molar-refractivity contribution in [2.75, 3.05) is 12.4 Å². The molecule has 0 fully saturated rings. The molecule has 32 heavy (non-hydrogen) atoms. The van der Waals surface area contributed by atoms with Crippen LogP contribution in [0.5, 0.6) is 5.75 Å². The smallest absolute Gasteiger partial charge is 0.322 e. The number of para-hydroxylation sites is 1. The van der Waals surface area contributed by atoms with E-state index in [4.69, 9.17) is 16.3 Å². The van der Waals surface area contributed by atoms with Gasteiger partial charge in [0.2, 0.25) is 0 Å². The van der Waals surface area contributed by atoms with E-state index in [0.29, 0.717) is 23.0 Å². The zero-order valence-electron chi connectivity index (χ0n) is 17.5. The van der Waals surface area contributed by atoms with Gasteiger partial charge in [-0.3, -0.25) is 0 Å². The van der Waals surface area contributed by atoms with Gasteiger partial charge in [-0.15, -0.1) is 0 Å². The third-order valence-electron chi connectivity index (χ3n) is 5.73. The third-order valence-corrected chi connectivity index (χ3v) is 5.98. The van der Waals surface area contributed by atoms with Gasteiger partial charge >= 0.3 is 6.03 Å². The van der Waals surface area contributed by atoms with E-state index in [1.54, 1.807) is 7.11 Å². The van der Waals surface area contributed by atoms with Gasteiger partial charge in [0.05, 0.1) is 25.4 Å². The molecule has 1 N–H and O–H groups in total. The number of methoxy groups -OCH3 is 1. The minimum atomic E-state index is -0.291. The lowest BCUT2D eigenvalue weighted by Gasteiger charge is -2.31. The summed E-state index contributed by atoms with van der Waals surface area (Å²) in [6.07, 6.45) is 2.04. The van der Waals surface area contributed by atoms with E-state index in [1.807, 2.05) is 77.8 Å². The maximum atomic E-state index is 13.7. The number of fused-ring (bicyclic) bond motifs is 3. The fourth-order valence-electron chi connectivity index (χ4n) is 4.23. The van der Waals surface area contributed by atoms with Gasteiger partial charge in [0.25, 0.3) is 0 Å². The first-order chi connectivity index (χ1) is 15.6. The summed E-state index contributed by atoms with van der Waals surface area (Å²) in [4.78, 5) is 15.5. The molecule has 0 radical (unpaired) electrons. The SMILES string of the molecule is COc1cccc(NC(=O)N2Cc3ccccc3-n3cccc3[C@@H]2c2ccc(Cl)cc2)c1. The van der Waals surface area contributed by atoms with Crippen LogP contribution in [-0.2, 0) is 6.54 Å². The van der Waals surface area contributed by atoms with Gasteiger partial charge in [-0.25, -0.2) is 4.79 Å². The maximum absolute atomic E-state index is 13.7. The highest BCUT2D eigenvalue weighted by Gasteiger charge is 2.33. The number of urea groups is 1. The van der Waals surface area contributed by atoms with Crippen molar-refractivity contribution in [2.45, 2.75) is 12.6 Å². The number of hydrogen-bond acceptors (Lipinski definition) is 2. The second kappa shape index (κ2) is 8.44. The highest BCUT2D eigenvalue weighted by Crippen LogP contribution is 2.37. The molecule has 0 aliphatic carbocycles. The number of halogens is 1. The molecule has 2 amide bonds. The summed E-state index contributed by atoms with van der Waals surface area (Å²) in [5.74, 6) is 0.687. The number of nitrogens with one attached hydrogen (secondary N) is 1. The van der Waals surface area contributed by atoms with Crippen LogP contribution in [-0.4, -0.2) is 22.6 Å². The molecule has 160 valence electrons. The normalized spacial score (nSPS) is 14.8. The molecule has 0 unspecified atom stereocenters. The third kappa shape index (κ3) is 3.72. The summed E-state index contributed by atoms with van der Waals surface area (Å²) in [5.41, 5.74) is 4.82. The van der Waals surface area contributed by atoms with Crippen LogP contribution in [0.3, 0.4) is 0 Å². The lowest BCUT2D eigenvalue weighted by molar-refractivity contribution is 0.194.